The zero-order valence-electron chi connectivity index (χ0n) is 6.35. The lowest BCUT2D eigenvalue weighted by molar-refractivity contribution is 0.0324. The van der Waals surface area contributed by atoms with E-state index in [4.69, 9.17) is 10.2 Å². The fourth-order valence-corrected chi connectivity index (χ4v) is 1.46. The van der Waals surface area contributed by atoms with E-state index in [1.54, 1.807) is 6.08 Å². The summed E-state index contributed by atoms with van der Waals surface area (Å²) in [5.41, 5.74) is 0. The van der Waals surface area contributed by atoms with Crippen LogP contribution in [0, 0.1) is 11.8 Å². The number of rotatable bonds is 2. The predicted octanol–water partition coefficient (Wildman–Crippen LogP) is -0.476. The zero-order chi connectivity index (χ0) is 8.27. The first kappa shape index (κ1) is 8.71. The van der Waals surface area contributed by atoms with Gasteiger partial charge in [0, 0.05) is 19.1 Å². The molecule has 0 aromatic rings. The highest BCUT2D eigenvalue weighted by Gasteiger charge is 2.27. The van der Waals surface area contributed by atoms with E-state index in [1.807, 2.05) is 6.08 Å². The molecule has 64 valence electrons. The molecule has 0 radical (unpaired) electrons. The van der Waals surface area contributed by atoms with E-state index in [9.17, 15) is 5.11 Å². The van der Waals surface area contributed by atoms with Gasteiger partial charge in [-0.1, -0.05) is 12.2 Å². The van der Waals surface area contributed by atoms with Gasteiger partial charge in [0.05, 0.1) is 6.10 Å². The standard InChI is InChI=1S/C8H14O3/c9-4-6-2-1-3-8(11)7(6)5-10/h1,3,6-11H,2,4-5H2. The van der Waals surface area contributed by atoms with Crippen LogP contribution < -0.4 is 0 Å². The predicted molar refractivity (Wildman–Crippen MR) is 40.9 cm³/mol. The summed E-state index contributed by atoms with van der Waals surface area (Å²) in [5.74, 6) is -0.176. The Labute approximate surface area is 66.0 Å². The summed E-state index contributed by atoms with van der Waals surface area (Å²) >= 11 is 0. The topological polar surface area (TPSA) is 60.7 Å². The molecule has 0 amide bonds. The van der Waals surface area contributed by atoms with Gasteiger partial charge in [-0.25, -0.2) is 0 Å². The number of aliphatic hydroxyl groups is 3. The van der Waals surface area contributed by atoms with Gasteiger partial charge < -0.3 is 15.3 Å². The van der Waals surface area contributed by atoms with Crippen molar-refractivity contribution in [3.05, 3.63) is 12.2 Å². The van der Waals surface area contributed by atoms with Crippen LogP contribution in [-0.4, -0.2) is 34.6 Å². The lowest BCUT2D eigenvalue weighted by atomic mass is 9.82. The minimum atomic E-state index is -0.592. The highest BCUT2D eigenvalue weighted by Crippen LogP contribution is 2.24. The Morgan fingerprint density at radius 3 is 2.45 bits per heavy atom. The first-order valence-corrected chi connectivity index (χ1v) is 3.86. The first-order valence-electron chi connectivity index (χ1n) is 3.86. The summed E-state index contributed by atoms with van der Waals surface area (Å²) in [6, 6.07) is 0. The van der Waals surface area contributed by atoms with Gasteiger partial charge in [0.2, 0.25) is 0 Å². The molecule has 1 rings (SSSR count). The molecule has 0 bridgehead atoms. The second-order valence-corrected chi connectivity index (χ2v) is 2.94. The van der Waals surface area contributed by atoms with E-state index in [0.717, 1.165) is 6.42 Å². The van der Waals surface area contributed by atoms with Crippen LogP contribution in [0.3, 0.4) is 0 Å². The number of aliphatic hydroxyl groups excluding tert-OH is 3. The third kappa shape index (κ3) is 1.80. The van der Waals surface area contributed by atoms with E-state index in [0.29, 0.717) is 0 Å². The number of hydrogen-bond donors (Lipinski definition) is 3. The Balaban J connectivity index is 2.60. The first-order chi connectivity index (χ1) is 5.29. The molecule has 0 aliphatic heterocycles. The van der Waals surface area contributed by atoms with Crippen molar-refractivity contribution in [1.82, 2.24) is 0 Å². The van der Waals surface area contributed by atoms with Crippen LogP contribution in [0.5, 0.6) is 0 Å². The Morgan fingerprint density at radius 1 is 1.27 bits per heavy atom. The molecule has 3 heteroatoms. The summed E-state index contributed by atoms with van der Waals surface area (Å²) in [4.78, 5) is 0. The Hall–Kier alpha value is -0.380. The van der Waals surface area contributed by atoms with Crippen LogP contribution in [0.15, 0.2) is 12.2 Å². The molecule has 0 saturated heterocycles. The number of allylic oxidation sites excluding steroid dienone is 1. The molecule has 3 unspecified atom stereocenters. The summed E-state index contributed by atoms with van der Waals surface area (Å²) in [5, 5.41) is 27.0. The molecule has 0 fully saturated rings. The normalized spacial score (nSPS) is 37.5. The van der Waals surface area contributed by atoms with Gasteiger partial charge in [-0.3, -0.25) is 0 Å². The van der Waals surface area contributed by atoms with E-state index >= 15 is 0 Å². The maximum atomic E-state index is 9.31. The molecular weight excluding hydrogens is 144 g/mol. The molecule has 0 spiro atoms. The van der Waals surface area contributed by atoms with Crippen molar-refractivity contribution >= 4 is 0 Å². The number of hydrogen-bond acceptors (Lipinski definition) is 3. The summed E-state index contributed by atoms with van der Waals surface area (Å²) in [6.45, 7) is -0.0244. The van der Waals surface area contributed by atoms with Crippen molar-refractivity contribution < 1.29 is 15.3 Å². The van der Waals surface area contributed by atoms with Crippen LogP contribution in [0.25, 0.3) is 0 Å². The highest BCUT2D eigenvalue weighted by molar-refractivity contribution is 5.00. The molecule has 0 saturated carbocycles. The fraction of sp³-hybridized carbons (Fsp3) is 0.750. The summed E-state index contributed by atoms with van der Waals surface area (Å²) in [6.07, 6.45) is 3.68. The zero-order valence-corrected chi connectivity index (χ0v) is 6.35. The molecule has 3 atom stereocenters. The Morgan fingerprint density at radius 2 is 2.00 bits per heavy atom. The maximum Gasteiger partial charge on any atom is 0.0774 e. The SMILES string of the molecule is OCC1CC=CC(O)C1CO. The Kier molecular flexibility index (Phi) is 3.05. The van der Waals surface area contributed by atoms with Crippen molar-refractivity contribution in [2.24, 2.45) is 11.8 Å². The van der Waals surface area contributed by atoms with Crippen LogP contribution >= 0.6 is 0 Å². The third-order valence-corrected chi connectivity index (χ3v) is 2.26. The quantitative estimate of drug-likeness (QED) is 0.476. The van der Waals surface area contributed by atoms with Crippen LogP contribution in [0.4, 0.5) is 0 Å². The van der Waals surface area contributed by atoms with Crippen molar-refractivity contribution in [2.75, 3.05) is 13.2 Å². The van der Waals surface area contributed by atoms with Crippen LogP contribution in [0.1, 0.15) is 6.42 Å². The highest BCUT2D eigenvalue weighted by atomic mass is 16.3. The van der Waals surface area contributed by atoms with Gasteiger partial charge in [-0.05, 0) is 12.3 Å². The molecule has 3 nitrogen and oxygen atoms in total. The minimum Gasteiger partial charge on any atom is -0.396 e. The van der Waals surface area contributed by atoms with E-state index in [2.05, 4.69) is 0 Å². The molecule has 0 heterocycles. The molecule has 1 aliphatic rings. The third-order valence-electron chi connectivity index (χ3n) is 2.26. The van der Waals surface area contributed by atoms with E-state index < -0.39 is 6.10 Å². The van der Waals surface area contributed by atoms with Gasteiger partial charge in [0.15, 0.2) is 0 Å². The molecule has 0 aromatic carbocycles. The van der Waals surface area contributed by atoms with Crippen molar-refractivity contribution in [2.45, 2.75) is 12.5 Å². The van der Waals surface area contributed by atoms with E-state index in [1.165, 1.54) is 0 Å². The smallest absolute Gasteiger partial charge is 0.0774 e. The van der Waals surface area contributed by atoms with Gasteiger partial charge in [0.25, 0.3) is 0 Å². The molecule has 11 heavy (non-hydrogen) atoms. The summed E-state index contributed by atoms with van der Waals surface area (Å²) < 4.78 is 0. The van der Waals surface area contributed by atoms with Gasteiger partial charge in [-0.15, -0.1) is 0 Å². The second kappa shape index (κ2) is 3.85. The molecule has 3 N–H and O–H groups in total. The van der Waals surface area contributed by atoms with Gasteiger partial charge >= 0.3 is 0 Å². The molecular formula is C8H14O3. The average Bonchev–Trinajstić information content (AvgIpc) is 2.04. The monoisotopic (exact) mass is 158 g/mol. The largest absolute Gasteiger partial charge is 0.396 e. The van der Waals surface area contributed by atoms with Crippen molar-refractivity contribution in [3.8, 4) is 0 Å². The van der Waals surface area contributed by atoms with Gasteiger partial charge in [-0.2, -0.15) is 0 Å². The summed E-state index contributed by atoms with van der Waals surface area (Å²) in [7, 11) is 0. The van der Waals surface area contributed by atoms with Crippen LogP contribution in [-0.2, 0) is 0 Å². The lowest BCUT2D eigenvalue weighted by Gasteiger charge is -2.29. The van der Waals surface area contributed by atoms with Crippen LogP contribution in [0.2, 0.25) is 0 Å². The Bertz CT molecular complexity index is 144. The minimum absolute atomic E-state index is 0.0139. The molecule has 1 aliphatic carbocycles. The molecule has 0 aromatic heterocycles. The van der Waals surface area contributed by atoms with Crippen molar-refractivity contribution in [1.29, 1.82) is 0 Å². The average molecular weight is 158 g/mol. The fourth-order valence-electron chi connectivity index (χ4n) is 1.46. The lowest BCUT2D eigenvalue weighted by Crippen LogP contribution is -2.33. The van der Waals surface area contributed by atoms with E-state index in [-0.39, 0.29) is 25.0 Å². The maximum absolute atomic E-state index is 9.31. The van der Waals surface area contributed by atoms with Gasteiger partial charge in [0.1, 0.15) is 0 Å². The second-order valence-electron chi connectivity index (χ2n) is 2.94. The van der Waals surface area contributed by atoms with Crippen molar-refractivity contribution in [3.63, 3.8) is 0 Å².